The number of halogens is 2. The lowest BCUT2D eigenvalue weighted by Gasteiger charge is -2.11. The molecule has 1 N–H and O–H groups in total. The number of nitrogens with zero attached hydrogens (tertiary/aromatic N) is 2. The average Bonchev–Trinajstić information content (AvgIpc) is 3.11. The zero-order valence-corrected chi connectivity index (χ0v) is 16.1. The second-order valence-corrected chi connectivity index (χ2v) is 7.15. The molecule has 0 saturated carbocycles. The maximum atomic E-state index is 13.2. The molecule has 0 fully saturated rings. The smallest absolute Gasteiger partial charge is 0.123 e. The number of benzene rings is 3. The van der Waals surface area contributed by atoms with Crippen LogP contribution < -0.4 is 5.32 Å². The van der Waals surface area contributed by atoms with Gasteiger partial charge in [-0.25, -0.2) is 9.07 Å². The summed E-state index contributed by atoms with van der Waals surface area (Å²) >= 11 is 3.49. The summed E-state index contributed by atoms with van der Waals surface area (Å²) in [4.78, 5) is 0. The lowest BCUT2D eigenvalue weighted by Crippen LogP contribution is -2.11. The first-order chi connectivity index (χ1) is 13.1. The van der Waals surface area contributed by atoms with Crippen LogP contribution in [-0.4, -0.2) is 9.78 Å². The zero-order valence-electron chi connectivity index (χ0n) is 14.5. The number of hydrogen-bond donors (Lipinski definition) is 1. The van der Waals surface area contributed by atoms with Crippen LogP contribution in [0.25, 0.3) is 22.3 Å². The first kappa shape index (κ1) is 17.5. The predicted octanol–water partition coefficient (Wildman–Crippen LogP) is 5.69. The minimum Gasteiger partial charge on any atom is -0.381 e. The highest BCUT2D eigenvalue weighted by Crippen LogP contribution is 2.25. The van der Waals surface area contributed by atoms with E-state index in [2.05, 4.69) is 45.1 Å². The minimum absolute atomic E-state index is 0.263. The van der Waals surface area contributed by atoms with Gasteiger partial charge in [0, 0.05) is 27.7 Å². The molecule has 0 unspecified atom stereocenters. The molecule has 3 nitrogen and oxygen atoms in total. The van der Waals surface area contributed by atoms with Crippen molar-refractivity contribution >= 4 is 32.5 Å². The van der Waals surface area contributed by atoms with Gasteiger partial charge in [0.15, 0.2) is 0 Å². The van der Waals surface area contributed by atoms with E-state index in [1.165, 1.54) is 17.7 Å². The van der Waals surface area contributed by atoms with E-state index < -0.39 is 0 Å². The van der Waals surface area contributed by atoms with Crippen LogP contribution in [0.15, 0.2) is 84.0 Å². The maximum absolute atomic E-state index is 13.2. The molecule has 4 aromatic rings. The van der Waals surface area contributed by atoms with Crippen LogP contribution >= 0.6 is 15.9 Å². The van der Waals surface area contributed by atoms with Crippen molar-refractivity contribution in [3.8, 4) is 5.69 Å². The molecule has 0 aliphatic rings. The summed E-state index contributed by atoms with van der Waals surface area (Å²) in [5.74, 6) is -0.263. The molecular weight excluding hydrogens is 405 g/mol. The molecule has 0 bridgehead atoms. The van der Waals surface area contributed by atoms with E-state index in [9.17, 15) is 4.39 Å². The van der Waals surface area contributed by atoms with Crippen molar-refractivity contribution in [2.24, 2.45) is 0 Å². The highest BCUT2D eigenvalue weighted by atomic mass is 79.9. The summed E-state index contributed by atoms with van der Waals surface area (Å²) in [7, 11) is 0. The SMILES string of the molecule is C=C(NCc1cccc(Br)c1)c1cccc2c1cnn2-c1ccc(F)cc1. The molecule has 27 heavy (non-hydrogen) atoms. The molecule has 134 valence electrons. The van der Waals surface area contributed by atoms with Gasteiger partial charge in [-0.2, -0.15) is 5.10 Å². The molecule has 0 aliphatic carbocycles. The van der Waals surface area contributed by atoms with Crippen molar-refractivity contribution < 1.29 is 4.39 Å². The van der Waals surface area contributed by atoms with Crippen molar-refractivity contribution in [3.63, 3.8) is 0 Å². The lowest BCUT2D eigenvalue weighted by molar-refractivity contribution is 0.627. The Morgan fingerprint density at radius 2 is 1.85 bits per heavy atom. The molecule has 3 aromatic carbocycles. The zero-order chi connectivity index (χ0) is 18.8. The van der Waals surface area contributed by atoms with Crippen molar-refractivity contribution in [1.29, 1.82) is 0 Å². The number of rotatable bonds is 5. The maximum Gasteiger partial charge on any atom is 0.123 e. The lowest BCUT2D eigenvalue weighted by atomic mass is 10.1. The highest BCUT2D eigenvalue weighted by molar-refractivity contribution is 9.10. The average molecular weight is 422 g/mol. The summed E-state index contributed by atoms with van der Waals surface area (Å²) in [6.07, 6.45) is 1.82. The molecular formula is C22H17BrFN3. The number of aromatic nitrogens is 2. The Morgan fingerprint density at radius 3 is 2.63 bits per heavy atom. The molecule has 1 aromatic heterocycles. The molecule has 0 spiro atoms. The van der Waals surface area contributed by atoms with Crippen LogP contribution in [0.3, 0.4) is 0 Å². The molecule has 0 aliphatic heterocycles. The summed E-state index contributed by atoms with van der Waals surface area (Å²) in [5.41, 5.74) is 4.76. The Hall–Kier alpha value is -2.92. The Morgan fingerprint density at radius 1 is 1.07 bits per heavy atom. The number of nitrogens with one attached hydrogen (secondary N) is 1. The largest absolute Gasteiger partial charge is 0.381 e. The second kappa shape index (κ2) is 7.37. The topological polar surface area (TPSA) is 29.9 Å². The van der Waals surface area contributed by atoms with E-state index in [1.807, 2.05) is 36.5 Å². The van der Waals surface area contributed by atoms with Gasteiger partial charge in [-0.05, 0) is 48.0 Å². The van der Waals surface area contributed by atoms with E-state index in [4.69, 9.17) is 0 Å². The van der Waals surface area contributed by atoms with Crippen molar-refractivity contribution in [3.05, 3.63) is 101 Å². The normalized spacial score (nSPS) is 10.9. The molecule has 0 saturated heterocycles. The van der Waals surface area contributed by atoms with Gasteiger partial charge in [0.2, 0.25) is 0 Å². The Bertz CT molecular complexity index is 1120. The molecule has 0 radical (unpaired) electrons. The van der Waals surface area contributed by atoms with Crippen molar-refractivity contribution in [2.45, 2.75) is 6.54 Å². The van der Waals surface area contributed by atoms with E-state index in [0.29, 0.717) is 6.54 Å². The van der Waals surface area contributed by atoms with Gasteiger partial charge in [0.1, 0.15) is 5.82 Å². The summed E-state index contributed by atoms with van der Waals surface area (Å²) in [6, 6.07) is 20.5. The van der Waals surface area contributed by atoms with E-state index in [1.54, 1.807) is 16.8 Å². The van der Waals surface area contributed by atoms with Crippen molar-refractivity contribution in [2.75, 3.05) is 0 Å². The van der Waals surface area contributed by atoms with E-state index in [-0.39, 0.29) is 5.82 Å². The fourth-order valence-corrected chi connectivity index (χ4v) is 3.50. The highest BCUT2D eigenvalue weighted by Gasteiger charge is 2.10. The van der Waals surface area contributed by atoms with Gasteiger partial charge in [0.05, 0.1) is 17.4 Å². The quantitative estimate of drug-likeness (QED) is 0.448. The summed E-state index contributed by atoms with van der Waals surface area (Å²) < 4.78 is 16.1. The monoisotopic (exact) mass is 421 g/mol. The Balaban J connectivity index is 1.62. The number of hydrogen-bond acceptors (Lipinski definition) is 2. The minimum atomic E-state index is -0.263. The Labute approximate surface area is 165 Å². The third-order valence-corrected chi connectivity index (χ3v) is 4.90. The summed E-state index contributed by atoms with van der Waals surface area (Å²) in [6.45, 7) is 4.88. The Kier molecular flexibility index (Phi) is 4.77. The van der Waals surface area contributed by atoms with Crippen LogP contribution in [0.2, 0.25) is 0 Å². The first-order valence-electron chi connectivity index (χ1n) is 8.52. The van der Waals surface area contributed by atoms with Crippen LogP contribution in [-0.2, 0) is 6.54 Å². The summed E-state index contributed by atoms with van der Waals surface area (Å²) in [5, 5.41) is 8.87. The standard InChI is InChI=1S/C22H17BrFN3/c1-15(25-13-16-4-2-5-17(23)12-16)20-6-3-7-22-21(20)14-26-27(22)19-10-8-18(24)9-11-19/h2-12,14,25H,1,13H2. The van der Waals surface area contributed by atoms with Crippen LogP contribution in [0.1, 0.15) is 11.1 Å². The number of fused-ring (bicyclic) bond motifs is 1. The first-order valence-corrected chi connectivity index (χ1v) is 9.31. The molecule has 0 amide bonds. The van der Waals surface area contributed by atoms with Gasteiger partial charge in [-0.3, -0.25) is 0 Å². The van der Waals surface area contributed by atoms with E-state index >= 15 is 0 Å². The van der Waals surface area contributed by atoms with Crippen LogP contribution in [0, 0.1) is 5.82 Å². The van der Waals surface area contributed by atoms with Crippen molar-refractivity contribution in [1.82, 2.24) is 15.1 Å². The molecule has 0 atom stereocenters. The van der Waals surface area contributed by atoms with Gasteiger partial charge in [-0.15, -0.1) is 0 Å². The fourth-order valence-electron chi connectivity index (χ4n) is 3.05. The third kappa shape index (κ3) is 3.64. The van der Waals surface area contributed by atoms with Crippen LogP contribution in [0.4, 0.5) is 4.39 Å². The molecule has 5 heteroatoms. The molecule has 1 heterocycles. The van der Waals surface area contributed by atoms with Gasteiger partial charge < -0.3 is 5.32 Å². The van der Waals surface area contributed by atoms with Gasteiger partial charge in [0.25, 0.3) is 0 Å². The van der Waals surface area contributed by atoms with E-state index in [0.717, 1.165) is 32.3 Å². The van der Waals surface area contributed by atoms with Crippen LogP contribution in [0.5, 0.6) is 0 Å². The molecule has 4 rings (SSSR count). The van der Waals surface area contributed by atoms with Gasteiger partial charge in [-0.1, -0.05) is 46.8 Å². The predicted molar refractivity (Wildman–Crippen MR) is 111 cm³/mol. The fraction of sp³-hybridized carbons (Fsp3) is 0.0455. The van der Waals surface area contributed by atoms with Gasteiger partial charge >= 0.3 is 0 Å². The second-order valence-electron chi connectivity index (χ2n) is 6.23. The third-order valence-electron chi connectivity index (χ3n) is 4.40.